The highest BCUT2D eigenvalue weighted by Crippen LogP contribution is 2.29. The molecule has 0 aliphatic rings. The molecule has 0 aliphatic heterocycles. The molecule has 0 saturated carbocycles. The Morgan fingerprint density at radius 2 is 2.20 bits per heavy atom. The van der Waals surface area contributed by atoms with Crippen molar-refractivity contribution in [1.82, 2.24) is 24.8 Å². The highest BCUT2D eigenvalue weighted by molar-refractivity contribution is 5.97. The lowest BCUT2D eigenvalue weighted by Gasteiger charge is -2.09. The number of fused-ring (bicyclic) bond motifs is 1. The fourth-order valence-electron chi connectivity index (χ4n) is 2.48. The number of anilines is 1. The monoisotopic (exact) mass is 342 g/mol. The molecule has 2 heterocycles. The summed E-state index contributed by atoms with van der Waals surface area (Å²) < 4.78 is 6.85. The highest BCUT2D eigenvalue weighted by Gasteiger charge is 2.14. The summed E-state index contributed by atoms with van der Waals surface area (Å²) in [6, 6.07) is 4.77. The predicted molar refractivity (Wildman–Crippen MR) is 91.3 cm³/mol. The molecule has 0 spiro atoms. The SMILES string of the molecule is COc1cccc(C(=O)NCCCn2cnc3c(N)ncnc32)c1O. The molecule has 0 radical (unpaired) electrons. The second kappa shape index (κ2) is 7.04. The number of hydrogen-bond acceptors (Lipinski definition) is 7. The Morgan fingerprint density at radius 3 is 3.00 bits per heavy atom. The minimum Gasteiger partial charge on any atom is -0.504 e. The van der Waals surface area contributed by atoms with Crippen molar-refractivity contribution in [3.63, 3.8) is 0 Å². The molecule has 0 saturated heterocycles. The van der Waals surface area contributed by atoms with Gasteiger partial charge in [0.2, 0.25) is 0 Å². The summed E-state index contributed by atoms with van der Waals surface area (Å²) in [5, 5.41) is 12.8. The fraction of sp³-hybridized carbons (Fsp3) is 0.250. The van der Waals surface area contributed by atoms with Crippen molar-refractivity contribution in [3.05, 3.63) is 36.4 Å². The van der Waals surface area contributed by atoms with Crippen LogP contribution in [0.1, 0.15) is 16.8 Å². The number of methoxy groups -OCH3 is 1. The zero-order chi connectivity index (χ0) is 17.8. The number of aryl methyl sites for hydroxylation is 1. The number of imidazole rings is 1. The maximum Gasteiger partial charge on any atom is 0.255 e. The Hall–Kier alpha value is -3.36. The molecule has 0 unspecified atom stereocenters. The lowest BCUT2D eigenvalue weighted by atomic mass is 10.1. The first-order valence-electron chi connectivity index (χ1n) is 7.67. The van der Waals surface area contributed by atoms with Gasteiger partial charge in [-0.3, -0.25) is 4.79 Å². The summed E-state index contributed by atoms with van der Waals surface area (Å²) in [7, 11) is 1.43. The van der Waals surface area contributed by atoms with Gasteiger partial charge in [-0.15, -0.1) is 0 Å². The van der Waals surface area contributed by atoms with Gasteiger partial charge in [-0.1, -0.05) is 6.07 Å². The third kappa shape index (κ3) is 3.30. The van der Waals surface area contributed by atoms with E-state index in [1.54, 1.807) is 18.5 Å². The van der Waals surface area contributed by atoms with Crippen molar-refractivity contribution in [3.8, 4) is 11.5 Å². The molecule has 0 bridgehead atoms. The molecule has 0 fully saturated rings. The lowest BCUT2D eigenvalue weighted by molar-refractivity contribution is 0.0949. The maximum absolute atomic E-state index is 12.2. The number of nitrogen functional groups attached to an aromatic ring is 1. The van der Waals surface area contributed by atoms with Gasteiger partial charge in [0.15, 0.2) is 23.0 Å². The van der Waals surface area contributed by atoms with Crippen LogP contribution in [0.15, 0.2) is 30.9 Å². The van der Waals surface area contributed by atoms with Crippen molar-refractivity contribution in [2.45, 2.75) is 13.0 Å². The van der Waals surface area contributed by atoms with E-state index >= 15 is 0 Å². The number of nitrogens with zero attached hydrogens (tertiary/aromatic N) is 4. The molecule has 2 aromatic heterocycles. The summed E-state index contributed by atoms with van der Waals surface area (Å²) >= 11 is 0. The van der Waals surface area contributed by atoms with Gasteiger partial charge in [-0.05, 0) is 18.6 Å². The topological polar surface area (TPSA) is 128 Å². The average molecular weight is 342 g/mol. The second-order valence-electron chi connectivity index (χ2n) is 5.33. The highest BCUT2D eigenvalue weighted by atomic mass is 16.5. The van der Waals surface area contributed by atoms with Crippen LogP contribution in [-0.4, -0.2) is 44.2 Å². The van der Waals surface area contributed by atoms with E-state index in [4.69, 9.17) is 10.5 Å². The molecule has 0 aliphatic carbocycles. The zero-order valence-electron chi connectivity index (χ0n) is 13.6. The number of hydrogen-bond donors (Lipinski definition) is 3. The standard InChI is InChI=1S/C16H18N6O3/c1-25-11-5-2-4-10(13(11)23)16(24)18-6-3-7-22-9-21-12-14(17)19-8-20-15(12)22/h2,4-5,8-9,23H,3,6-7H2,1H3,(H,18,24)(H2,17,19,20). The predicted octanol–water partition coefficient (Wildman–Crippen LogP) is 0.943. The Labute approximate surface area is 143 Å². The van der Waals surface area contributed by atoms with Crippen LogP contribution in [0.4, 0.5) is 5.82 Å². The van der Waals surface area contributed by atoms with Gasteiger partial charge >= 0.3 is 0 Å². The quantitative estimate of drug-likeness (QED) is 0.569. The van der Waals surface area contributed by atoms with Gasteiger partial charge in [0.25, 0.3) is 5.91 Å². The summed E-state index contributed by atoms with van der Waals surface area (Å²) in [5.74, 6) is 0.0640. The van der Waals surface area contributed by atoms with E-state index in [-0.39, 0.29) is 23.0 Å². The Morgan fingerprint density at radius 1 is 1.36 bits per heavy atom. The zero-order valence-corrected chi connectivity index (χ0v) is 13.6. The van der Waals surface area contributed by atoms with Crippen molar-refractivity contribution in [2.75, 3.05) is 19.4 Å². The van der Waals surface area contributed by atoms with Crippen LogP contribution in [0.5, 0.6) is 11.5 Å². The number of amides is 1. The van der Waals surface area contributed by atoms with Crippen LogP contribution in [0.25, 0.3) is 11.2 Å². The number of phenols is 1. The van der Waals surface area contributed by atoms with E-state index < -0.39 is 0 Å². The molecule has 1 amide bonds. The Kier molecular flexibility index (Phi) is 4.64. The summed E-state index contributed by atoms with van der Waals surface area (Å²) in [4.78, 5) is 24.4. The first kappa shape index (κ1) is 16.5. The molecule has 0 atom stereocenters. The minimum absolute atomic E-state index is 0.171. The van der Waals surface area contributed by atoms with Crippen molar-refractivity contribution >= 4 is 22.9 Å². The van der Waals surface area contributed by atoms with Crippen LogP contribution in [-0.2, 0) is 6.54 Å². The third-order valence-corrected chi connectivity index (χ3v) is 3.75. The van der Waals surface area contributed by atoms with Crippen LogP contribution >= 0.6 is 0 Å². The van der Waals surface area contributed by atoms with Gasteiger partial charge in [-0.25, -0.2) is 15.0 Å². The average Bonchev–Trinajstić information content (AvgIpc) is 3.03. The van der Waals surface area contributed by atoms with Crippen LogP contribution in [0.2, 0.25) is 0 Å². The van der Waals surface area contributed by atoms with E-state index in [2.05, 4.69) is 20.3 Å². The van der Waals surface area contributed by atoms with Gasteiger partial charge in [0.05, 0.1) is 19.0 Å². The normalized spacial score (nSPS) is 10.8. The maximum atomic E-state index is 12.2. The Balaban J connectivity index is 1.58. The minimum atomic E-state index is -0.363. The largest absolute Gasteiger partial charge is 0.504 e. The van der Waals surface area contributed by atoms with Crippen molar-refractivity contribution in [2.24, 2.45) is 0 Å². The number of benzene rings is 1. The van der Waals surface area contributed by atoms with Gasteiger partial charge < -0.3 is 25.5 Å². The van der Waals surface area contributed by atoms with E-state index in [0.29, 0.717) is 36.5 Å². The van der Waals surface area contributed by atoms with E-state index in [0.717, 1.165) is 0 Å². The molecule has 4 N–H and O–H groups in total. The molecule has 3 rings (SSSR count). The van der Waals surface area contributed by atoms with Crippen LogP contribution in [0, 0.1) is 0 Å². The fourth-order valence-corrected chi connectivity index (χ4v) is 2.48. The lowest BCUT2D eigenvalue weighted by Crippen LogP contribution is -2.25. The number of ether oxygens (including phenoxy) is 1. The van der Waals surface area contributed by atoms with E-state index in [9.17, 15) is 9.90 Å². The molecular weight excluding hydrogens is 324 g/mol. The second-order valence-corrected chi connectivity index (χ2v) is 5.33. The number of rotatable bonds is 6. The number of para-hydroxylation sites is 1. The van der Waals surface area contributed by atoms with Gasteiger partial charge in [0.1, 0.15) is 11.8 Å². The number of nitrogens with two attached hydrogens (primary N) is 1. The summed E-state index contributed by atoms with van der Waals surface area (Å²) in [6.45, 7) is 1.03. The van der Waals surface area contributed by atoms with Crippen molar-refractivity contribution in [1.29, 1.82) is 0 Å². The summed E-state index contributed by atoms with van der Waals surface area (Å²) in [6.07, 6.45) is 3.69. The van der Waals surface area contributed by atoms with Crippen LogP contribution in [0.3, 0.4) is 0 Å². The van der Waals surface area contributed by atoms with Gasteiger partial charge in [-0.2, -0.15) is 0 Å². The smallest absolute Gasteiger partial charge is 0.255 e. The molecule has 9 nitrogen and oxygen atoms in total. The molecule has 25 heavy (non-hydrogen) atoms. The van der Waals surface area contributed by atoms with Crippen LogP contribution < -0.4 is 15.8 Å². The molecule has 3 aromatic rings. The third-order valence-electron chi connectivity index (χ3n) is 3.75. The number of carbonyl (C=O) groups excluding carboxylic acids is 1. The number of aromatic hydroxyl groups is 1. The molecular formula is C16H18N6O3. The molecule has 1 aromatic carbocycles. The number of aromatic nitrogens is 4. The van der Waals surface area contributed by atoms with E-state index in [1.807, 2.05) is 4.57 Å². The number of nitrogens with one attached hydrogen (secondary N) is 1. The molecule has 130 valence electrons. The van der Waals surface area contributed by atoms with Crippen molar-refractivity contribution < 1.29 is 14.6 Å². The number of phenolic OH excluding ortho intramolecular Hbond substituents is 1. The number of carbonyl (C=O) groups is 1. The first-order valence-corrected chi connectivity index (χ1v) is 7.67. The Bertz CT molecular complexity index is 908. The summed E-state index contributed by atoms with van der Waals surface area (Å²) in [5.41, 5.74) is 7.14. The first-order chi connectivity index (χ1) is 12.1. The van der Waals surface area contributed by atoms with Gasteiger partial charge in [0, 0.05) is 13.1 Å². The molecule has 9 heteroatoms. The van der Waals surface area contributed by atoms with E-state index in [1.165, 1.54) is 19.5 Å².